The van der Waals surface area contributed by atoms with Gasteiger partial charge in [0.25, 0.3) is 0 Å². The zero-order valence-electron chi connectivity index (χ0n) is 46.4. The van der Waals surface area contributed by atoms with Crippen LogP contribution in [0.5, 0.6) is 0 Å². The van der Waals surface area contributed by atoms with Gasteiger partial charge in [-0.2, -0.15) is 0 Å². The van der Waals surface area contributed by atoms with Crippen LogP contribution in [0.1, 0.15) is 361 Å². The summed E-state index contributed by atoms with van der Waals surface area (Å²) in [5, 5.41) is 23.4. The Balaban J connectivity index is 3.43. The van der Waals surface area contributed by atoms with E-state index in [0.717, 1.165) is 57.8 Å². The second kappa shape index (κ2) is 58.4. The maximum atomic E-state index is 12.5. The normalized spacial score (nSPS) is 12.5. The molecular formula is C62H123NO5. The standard InChI is InChI=1S/C62H123NO5/c1-3-5-7-9-11-13-15-17-19-20-21-22-23-24-25-26-27-28-30-31-34-38-42-46-50-54-60(65)59(58-64)63-61(66)55-51-47-43-39-35-33-37-41-45-49-53-57-68-62(67)56-52-48-44-40-36-32-29-18-16-14-12-10-8-6-4-2/h59-60,64-65H,3-58H2,1-2H3,(H,63,66). The number of unbranched alkanes of at least 4 members (excludes halogenated alkanes) is 48. The molecule has 0 saturated carbocycles. The smallest absolute Gasteiger partial charge is 0.305 e. The minimum atomic E-state index is -0.676. The molecule has 2 atom stereocenters. The van der Waals surface area contributed by atoms with Gasteiger partial charge >= 0.3 is 5.97 Å². The molecule has 0 bridgehead atoms. The molecular weight excluding hydrogens is 839 g/mol. The molecule has 0 radical (unpaired) electrons. The van der Waals surface area contributed by atoms with Gasteiger partial charge in [0.15, 0.2) is 0 Å². The average Bonchev–Trinajstić information content (AvgIpc) is 3.34. The van der Waals surface area contributed by atoms with Crippen LogP contribution in [0.2, 0.25) is 0 Å². The summed E-state index contributed by atoms with van der Waals surface area (Å²) in [4.78, 5) is 24.6. The molecule has 0 aromatic carbocycles. The summed E-state index contributed by atoms with van der Waals surface area (Å²) in [6.45, 7) is 4.95. The quantitative estimate of drug-likeness (QED) is 0.0417. The molecule has 406 valence electrons. The van der Waals surface area contributed by atoms with Crippen LogP contribution in [0, 0.1) is 0 Å². The molecule has 0 aliphatic heterocycles. The van der Waals surface area contributed by atoms with Gasteiger partial charge in [0, 0.05) is 12.8 Å². The van der Waals surface area contributed by atoms with Crippen molar-refractivity contribution in [1.29, 1.82) is 0 Å². The Labute approximate surface area is 426 Å². The summed E-state index contributed by atoms with van der Waals surface area (Å²) >= 11 is 0. The van der Waals surface area contributed by atoms with Gasteiger partial charge in [-0.1, -0.05) is 322 Å². The van der Waals surface area contributed by atoms with Crippen molar-refractivity contribution in [2.75, 3.05) is 13.2 Å². The predicted octanol–water partition coefficient (Wildman–Crippen LogP) is 19.5. The lowest BCUT2D eigenvalue weighted by molar-refractivity contribution is -0.143. The molecule has 0 rings (SSSR count). The summed E-state index contributed by atoms with van der Waals surface area (Å²) in [6.07, 6.45) is 68.2. The molecule has 0 aromatic rings. The lowest BCUT2D eigenvalue weighted by Crippen LogP contribution is -2.45. The maximum Gasteiger partial charge on any atom is 0.305 e. The highest BCUT2D eigenvalue weighted by molar-refractivity contribution is 5.76. The number of carbonyl (C=O) groups is 2. The van der Waals surface area contributed by atoms with Gasteiger partial charge in [-0.05, 0) is 25.7 Å². The van der Waals surface area contributed by atoms with Crippen molar-refractivity contribution in [2.24, 2.45) is 0 Å². The van der Waals surface area contributed by atoms with E-state index in [-0.39, 0.29) is 18.5 Å². The third kappa shape index (κ3) is 54.2. The number of rotatable bonds is 59. The number of carbonyl (C=O) groups excluding carboxylic acids is 2. The van der Waals surface area contributed by atoms with E-state index in [1.54, 1.807) is 0 Å². The highest BCUT2D eigenvalue weighted by atomic mass is 16.5. The van der Waals surface area contributed by atoms with Gasteiger partial charge in [0.2, 0.25) is 5.91 Å². The van der Waals surface area contributed by atoms with E-state index in [2.05, 4.69) is 19.2 Å². The van der Waals surface area contributed by atoms with E-state index < -0.39 is 12.1 Å². The van der Waals surface area contributed by atoms with E-state index in [1.807, 2.05) is 0 Å². The summed E-state index contributed by atoms with van der Waals surface area (Å²) in [5.41, 5.74) is 0. The molecule has 0 aliphatic carbocycles. The minimum absolute atomic E-state index is 0.00885. The first-order valence-electron chi connectivity index (χ1n) is 31.3. The number of nitrogens with one attached hydrogen (secondary N) is 1. The lowest BCUT2D eigenvalue weighted by Gasteiger charge is -2.22. The Bertz CT molecular complexity index is 975. The summed E-state index contributed by atoms with van der Waals surface area (Å²) in [7, 11) is 0. The average molecular weight is 963 g/mol. The molecule has 0 aromatic heterocycles. The molecule has 6 nitrogen and oxygen atoms in total. The molecule has 6 heteroatoms. The number of amides is 1. The number of hydrogen-bond acceptors (Lipinski definition) is 5. The molecule has 1 amide bonds. The summed E-state index contributed by atoms with van der Waals surface area (Å²) < 4.78 is 5.48. The third-order valence-corrected chi connectivity index (χ3v) is 14.9. The molecule has 68 heavy (non-hydrogen) atoms. The lowest BCUT2D eigenvalue weighted by atomic mass is 10.0. The van der Waals surface area contributed by atoms with Crippen LogP contribution in [-0.4, -0.2) is 47.4 Å². The fourth-order valence-electron chi connectivity index (χ4n) is 10.1. The van der Waals surface area contributed by atoms with E-state index in [0.29, 0.717) is 25.9 Å². The van der Waals surface area contributed by atoms with E-state index in [9.17, 15) is 19.8 Å². The van der Waals surface area contributed by atoms with Crippen LogP contribution in [0.3, 0.4) is 0 Å². The first kappa shape index (κ1) is 66.9. The monoisotopic (exact) mass is 962 g/mol. The Morgan fingerprint density at radius 2 is 0.603 bits per heavy atom. The minimum Gasteiger partial charge on any atom is -0.466 e. The topological polar surface area (TPSA) is 95.9 Å². The Morgan fingerprint density at radius 3 is 0.897 bits per heavy atom. The van der Waals surface area contributed by atoms with Crippen molar-refractivity contribution in [1.82, 2.24) is 5.32 Å². The molecule has 0 heterocycles. The number of esters is 1. The molecule has 0 saturated heterocycles. The summed E-state index contributed by atoms with van der Waals surface area (Å²) in [6, 6.07) is -0.555. The van der Waals surface area contributed by atoms with E-state index in [4.69, 9.17) is 4.74 Å². The largest absolute Gasteiger partial charge is 0.466 e. The highest BCUT2D eigenvalue weighted by Crippen LogP contribution is 2.19. The van der Waals surface area contributed by atoms with Gasteiger partial charge in [-0.25, -0.2) is 0 Å². The van der Waals surface area contributed by atoms with Crippen molar-refractivity contribution < 1.29 is 24.5 Å². The zero-order chi connectivity index (χ0) is 49.3. The zero-order valence-corrected chi connectivity index (χ0v) is 46.4. The molecule has 0 spiro atoms. The second-order valence-corrected chi connectivity index (χ2v) is 21.8. The van der Waals surface area contributed by atoms with Crippen LogP contribution in [0.25, 0.3) is 0 Å². The predicted molar refractivity (Wildman–Crippen MR) is 297 cm³/mol. The summed E-state index contributed by atoms with van der Waals surface area (Å²) in [5.74, 6) is -0.0571. The third-order valence-electron chi connectivity index (χ3n) is 14.9. The van der Waals surface area contributed by atoms with Gasteiger partial charge in [-0.3, -0.25) is 9.59 Å². The number of aliphatic hydroxyl groups is 2. The number of hydrogen-bond donors (Lipinski definition) is 3. The Kier molecular flexibility index (Phi) is 57.5. The van der Waals surface area contributed by atoms with Crippen LogP contribution >= 0.6 is 0 Å². The van der Waals surface area contributed by atoms with E-state index in [1.165, 1.54) is 270 Å². The van der Waals surface area contributed by atoms with Crippen LogP contribution < -0.4 is 5.32 Å². The fourth-order valence-corrected chi connectivity index (χ4v) is 10.1. The van der Waals surface area contributed by atoms with Crippen LogP contribution in [-0.2, 0) is 14.3 Å². The van der Waals surface area contributed by atoms with E-state index >= 15 is 0 Å². The Hall–Kier alpha value is -1.14. The molecule has 3 N–H and O–H groups in total. The highest BCUT2D eigenvalue weighted by Gasteiger charge is 2.20. The number of aliphatic hydroxyl groups excluding tert-OH is 2. The molecule has 0 fully saturated rings. The van der Waals surface area contributed by atoms with Crippen LogP contribution in [0.15, 0.2) is 0 Å². The van der Waals surface area contributed by atoms with Gasteiger partial charge in [0.1, 0.15) is 0 Å². The van der Waals surface area contributed by atoms with Gasteiger partial charge in [0.05, 0.1) is 25.4 Å². The SMILES string of the molecule is CCCCCCCCCCCCCCCCCCCCCCCCCCCC(O)C(CO)NC(=O)CCCCCCCCCCCCCOC(=O)CCCCCCCCCCCCCCCCC. The van der Waals surface area contributed by atoms with Crippen molar-refractivity contribution in [3.63, 3.8) is 0 Å². The first-order valence-corrected chi connectivity index (χ1v) is 31.3. The molecule has 2 unspecified atom stereocenters. The van der Waals surface area contributed by atoms with Crippen LogP contribution in [0.4, 0.5) is 0 Å². The van der Waals surface area contributed by atoms with Gasteiger partial charge in [-0.15, -0.1) is 0 Å². The molecule has 0 aliphatic rings. The fraction of sp³-hybridized carbons (Fsp3) is 0.968. The van der Waals surface area contributed by atoms with Crippen molar-refractivity contribution in [2.45, 2.75) is 373 Å². The van der Waals surface area contributed by atoms with Crippen molar-refractivity contribution in [3.05, 3.63) is 0 Å². The van der Waals surface area contributed by atoms with Gasteiger partial charge < -0.3 is 20.3 Å². The number of ether oxygens (including phenoxy) is 1. The first-order chi connectivity index (χ1) is 33.5. The second-order valence-electron chi connectivity index (χ2n) is 21.8. The maximum absolute atomic E-state index is 12.5. The van der Waals surface area contributed by atoms with Crippen molar-refractivity contribution in [3.8, 4) is 0 Å². The Morgan fingerprint density at radius 1 is 0.353 bits per heavy atom. The van der Waals surface area contributed by atoms with Crippen molar-refractivity contribution >= 4 is 11.9 Å².